The van der Waals surface area contributed by atoms with Gasteiger partial charge in [-0.25, -0.2) is 0 Å². The van der Waals surface area contributed by atoms with Gasteiger partial charge in [0.1, 0.15) is 5.78 Å². The van der Waals surface area contributed by atoms with Gasteiger partial charge in [0.05, 0.1) is 6.10 Å². The van der Waals surface area contributed by atoms with E-state index in [9.17, 15) is 9.90 Å². The van der Waals surface area contributed by atoms with E-state index >= 15 is 0 Å². The maximum absolute atomic E-state index is 11.8. The van der Waals surface area contributed by atoms with E-state index in [1.807, 2.05) is 18.2 Å². The van der Waals surface area contributed by atoms with Gasteiger partial charge in [0.15, 0.2) is 0 Å². The van der Waals surface area contributed by atoms with Crippen molar-refractivity contribution >= 4 is 5.78 Å². The van der Waals surface area contributed by atoms with Crippen LogP contribution in [0.4, 0.5) is 0 Å². The SMILES string of the molecule is CC(=O)[C@H]1C[C@@H]2[C@@H](O)CC[C@H]1N2Cc1ccccc1. The van der Waals surface area contributed by atoms with E-state index in [-0.39, 0.29) is 23.8 Å². The van der Waals surface area contributed by atoms with E-state index in [0.29, 0.717) is 6.04 Å². The molecule has 2 bridgehead atoms. The Morgan fingerprint density at radius 3 is 2.68 bits per heavy atom. The second kappa shape index (κ2) is 5.06. The molecule has 0 aromatic heterocycles. The summed E-state index contributed by atoms with van der Waals surface area (Å²) in [5.41, 5.74) is 1.26. The molecule has 0 radical (unpaired) electrons. The maximum Gasteiger partial charge on any atom is 0.134 e. The molecule has 2 fully saturated rings. The van der Waals surface area contributed by atoms with E-state index in [4.69, 9.17) is 0 Å². The second-order valence-electron chi connectivity index (χ2n) is 5.89. The topological polar surface area (TPSA) is 40.5 Å². The molecule has 1 aromatic rings. The molecule has 4 atom stereocenters. The molecule has 19 heavy (non-hydrogen) atoms. The predicted octanol–water partition coefficient (Wildman–Crippen LogP) is 1.99. The molecule has 1 aromatic carbocycles. The molecule has 0 saturated carbocycles. The number of rotatable bonds is 3. The van der Waals surface area contributed by atoms with Gasteiger partial charge in [0.2, 0.25) is 0 Å². The number of nitrogens with zero attached hydrogens (tertiary/aromatic N) is 1. The molecular formula is C16H21NO2. The standard InChI is InChI=1S/C16H21NO2/c1-11(18)13-9-15-16(19)8-7-14(13)17(15)10-12-5-3-2-4-6-12/h2-6,13-16,19H,7-10H2,1H3/t13-,14-,15-,16+/m1/s1. The molecule has 0 unspecified atom stereocenters. The van der Waals surface area contributed by atoms with Crippen LogP contribution >= 0.6 is 0 Å². The number of hydrogen-bond donors (Lipinski definition) is 1. The summed E-state index contributed by atoms with van der Waals surface area (Å²) in [5, 5.41) is 10.2. The van der Waals surface area contributed by atoms with Gasteiger partial charge in [-0.15, -0.1) is 0 Å². The summed E-state index contributed by atoms with van der Waals surface area (Å²) in [7, 11) is 0. The number of carbonyl (C=O) groups is 1. The van der Waals surface area contributed by atoms with Crippen LogP contribution in [0.3, 0.4) is 0 Å². The van der Waals surface area contributed by atoms with E-state index < -0.39 is 0 Å². The van der Waals surface area contributed by atoms with Crippen LogP contribution < -0.4 is 0 Å². The molecule has 0 spiro atoms. The number of hydrogen-bond acceptors (Lipinski definition) is 3. The molecule has 2 aliphatic rings. The molecule has 3 heteroatoms. The normalized spacial score (nSPS) is 34.4. The molecule has 0 amide bonds. The van der Waals surface area contributed by atoms with Crippen LogP contribution in [0.2, 0.25) is 0 Å². The van der Waals surface area contributed by atoms with Crippen molar-refractivity contribution < 1.29 is 9.90 Å². The highest BCUT2D eigenvalue weighted by atomic mass is 16.3. The van der Waals surface area contributed by atoms with Gasteiger partial charge in [-0.05, 0) is 31.7 Å². The Kier molecular flexibility index (Phi) is 3.42. The smallest absolute Gasteiger partial charge is 0.134 e. The highest BCUT2D eigenvalue weighted by Crippen LogP contribution is 2.41. The summed E-state index contributed by atoms with van der Waals surface area (Å²) in [6.07, 6.45) is 2.33. The van der Waals surface area contributed by atoms with Crippen molar-refractivity contribution in [1.82, 2.24) is 4.90 Å². The zero-order valence-electron chi connectivity index (χ0n) is 11.3. The number of aliphatic hydroxyl groups excluding tert-OH is 1. The van der Waals surface area contributed by atoms with Crippen molar-refractivity contribution in [2.45, 2.75) is 50.9 Å². The number of ketones is 1. The maximum atomic E-state index is 11.8. The van der Waals surface area contributed by atoms with Gasteiger partial charge in [0.25, 0.3) is 0 Å². The van der Waals surface area contributed by atoms with E-state index in [1.165, 1.54) is 5.56 Å². The summed E-state index contributed by atoms with van der Waals surface area (Å²) in [4.78, 5) is 14.1. The van der Waals surface area contributed by atoms with Crippen LogP contribution in [0.5, 0.6) is 0 Å². The highest BCUT2D eigenvalue weighted by molar-refractivity contribution is 5.79. The van der Waals surface area contributed by atoms with Crippen molar-refractivity contribution in [2.75, 3.05) is 0 Å². The number of aliphatic hydroxyl groups is 1. The third-order valence-corrected chi connectivity index (χ3v) is 4.74. The summed E-state index contributed by atoms with van der Waals surface area (Å²) in [5.74, 6) is 0.394. The Hall–Kier alpha value is -1.19. The lowest BCUT2D eigenvalue weighted by Gasteiger charge is -2.38. The van der Waals surface area contributed by atoms with Crippen LogP contribution in [-0.4, -0.2) is 34.0 Å². The minimum absolute atomic E-state index is 0.117. The van der Waals surface area contributed by atoms with E-state index in [1.54, 1.807) is 6.92 Å². The van der Waals surface area contributed by atoms with Gasteiger partial charge in [-0.2, -0.15) is 0 Å². The Balaban J connectivity index is 1.82. The summed E-state index contributed by atoms with van der Waals surface area (Å²) >= 11 is 0. The van der Waals surface area contributed by atoms with Crippen molar-refractivity contribution in [3.63, 3.8) is 0 Å². The lowest BCUT2D eigenvalue weighted by molar-refractivity contribution is -0.121. The molecule has 3 nitrogen and oxygen atoms in total. The molecule has 2 saturated heterocycles. The first-order valence-corrected chi connectivity index (χ1v) is 7.15. The lowest BCUT2D eigenvalue weighted by Crippen LogP contribution is -2.47. The van der Waals surface area contributed by atoms with Crippen LogP contribution in [0.15, 0.2) is 30.3 Å². The predicted molar refractivity (Wildman–Crippen MR) is 73.6 cm³/mol. The summed E-state index contributed by atoms with van der Waals surface area (Å²) in [6.45, 7) is 2.54. The molecule has 102 valence electrons. The Bertz CT molecular complexity index is 459. The average molecular weight is 259 g/mol. The molecule has 1 N–H and O–H groups in total. The van der Waals surface area contributed by atoms with Crippen molar-refractivity contribution in [1.29, 1.82) is 0 Å². The quantitative estimate of drug-likeness (QED) is 0.902. The van der Waals surface area contributed by atoms with Gasteiger partial charge in [-0.1, -0.05) is 30.3 Å². The minimum Gasteiger partial charge on any atom is -0.391 e. The largest absolute Gasteiger partial charge is 0.391 e. The average Bonchev–Trinajstić information content (AvgIpc) is 2.66. The van der Waals surface area contributed by atoms with E-state index in [2.05, 4.69) is 17.0 Å². The first kappa shape index (κ1) is 12.8. The number of carbonyl (C=O) groups excluding carboxylic acids is 1. The molecule has 2 heterocycles. The Morgan fingerprint density at radius 1 is 1.26 bits per heavy atom. The number of Topliss-reactive ketones (excluding diaryl/α,β-unsaturated/α-hetero) is 1. The van der Waals surface area contributed by atoms with E-state index in [0.717, 1.165) is 25.8 Å². The van der Waals surface area contributed by atoms with Crippen molar-refractivity contribution in [2.24, 2.45) is 5.92 Å². The Labute approximate surface area is 114 Å². The van der Waals surface area contributed by atoms with Gasteiger partial charge in [-0.3, -0.25) is 9.69 Å². The third kappa shape index (κ3) is 2.33. The summed E-state index contributed by atoms with van der Waals surface area (Å²) in [6, 6.07) is 10.8. The number of piperidine rings is 1. The first-order valence-electron chi connectivity index (χ1n) is 7.15. The van der Waals surface area contributed by atoms with Crippen LogP contribution in [0, 0.1) is 5.92 Å². The summed E-state index contributed by atoms with van der Waals surface area (Å²) < 4.78 is 0. The zero-order chi connectivity index (χ0) is 13.4. The van der Waals surface area contributed by atoms with Crippen LogP contribution in [0.1, 0.15) is 31.7 Å². The lowest BCUT2D eigenvalue weighted by atomic mass is 9.94. The van der Waals surface area contributed by atoms with Crippen LogP contribution in [-0.2, 0) is 11.3 Å². The molecule has 0 aliphatic carbocycles. The monoisotopic (exact) mass is 259 g/mol. The minimum atomic E-state index is -0.274. The third-order valence-electron chi connectivity index (χ3n) is 4.74. The van der Waals surface area contributed by atoms with Crippen LogP contribution in [0.25, 0.3) is 0 Å². The molecule has 3 rings (SSSR count). The van der Waals surface area contributed by atoms with Gasteiger partial charge in [0, 0.05) is 24.5 Å². The van der Waals surface area contributed by atoms with Crippen molar-refractivity contribution in [3.05, 3.63) is 35.9 Å². The van der Waals surface area contributed by atoms with Crippen molar-refractivity contribution in [3.8, 4) is 0 Å². The zero-order valence-corrected chi connectivity index (χ0v) is 11.3. The highest BCUT2D eigenvalue weighted by Gasteiger charge is 2.48. The van der Waals surface area contributed by atoms with Gasteiger partial charge < -0.3 is 5.11 Å². The number of benzene rings is 1. The molecular weight excluding hydrogens is 238 g/mol. The first-order chi connectivity index (χ1) is 9.16. The Morgan fingerprint density at radius 2 is 2.00 bits per heavy atom. The number of fused-ring (bicyclic) bond motifs is 2. The second-order valence-corrected chi connectivity index (χ2v) is 5.89. The fourth-order valence-corrected chi connectivity index (χ4v) is 3.77. The fourth-order valence-electron chi connectivity index (χ4n) is 3.77. The van der Waals surface area contributed by atoms with Gasteiger partial charge >= 0.3 is 0 Å². The fraction of sp³-hybridized carbons (Fsp3) is 0.562. The molecule has 2 aliphatic heterocycles.